The van der Waals surface area contributed by atoms with Crippen molar-refractivity contribution in [1.82, 2.24) is 5.32 Å². The standard InChI is InChI=1S/C18H17Cl2NO2/c19-14-8-9-16(15(20)10-14)23-11-17(22)21-18(13-6-7-13)12-4-2-1-3-5-12/h1-5,8-10,13,18H,6-7,11H2,(H,21,22)/t18-/m0/s1. The maximum atomic E-state index is 12.2. The summed E-state index contributed by atoms with van der Waals surface area (Å²) in [6.07, 6.45) is 2.29. The minimum Gasteiger partial charge on any atom is -0.482 e. The summed E-state index contributed by atoms with van der Waals surface area (Å²) in [5.41, 5.74) is 1.13. The summed E-state index contributed by atoms with van der Waals surface area (Å²) in [7, 11) is 0. The molecule has 0 aliphatic heterocycles. The SMILES string of the molecule is O=C(COc1ccc(Cl)cc1Cl)N[C@@H](c1ccccc1)C1CC1. The Bertz CT molecular complexity index is 687. The summed E-state index contributed by atoms with van der Waals surface area (Å²) in [5.74, 6) is 0.811. The van der Waals surface area contributed by atoms with Crippen LogP contribution in [-0.4, -0.2) is 12.5 Å². The first-order valence-corrected chi connectivity index (χ1v) is 8.31. The van der Waals surface area contributed by atoms with Crippen LogP contribution in [0.5, 0.6) is 5.75 Å². The first kappa shape index (κ1) is 16.2. The van der Waals surface area contributed by atoms with Gasteiger partial charge in [0.2, 0.25) is 0 Å². The minimum absolute atomic E-state index is 0.0491. The van der Waals surface area contributed by atoms with Crippen molar-refractivity contribution in [1.29, 1.82) is 0 Å². The Labute approximate surface area is 145 Å². The fraction of sp³-hybridized carbons (Fsp3) is 0.278. The Morgan fingerprint density at radius 3 is 2.57 bits per heavy atom. The van der Waals surface area contributed by atoms with Crippen LogP contribution >= 0.6 is 23.2 Å². The van der Waals surface area contributed by atoms with Gasteiger partial charge < -0.3 is 10.1 Å². The Kier molecular flexibility index (Phi) is 5.09. The number of benzene rings is 2. The molecule has 1 N–H and O–H groups in total. The van der Waals surface area contributed by atoms with Gasteiger partial charge in [0, 0.05) is 5.02 Å². The number of carbonyl (C=O) groups is 1. The number of nitrogens with one attached hydrogen (secondary N) is 1. The fourth-order valence-corrected chi connectivity index (χ4v) is 2.98. The molecule has 1 aliphatic rings. The largest absolute Gasteiger partial charge is 0.482 e. The Morgan fingerprint density at radius 1 is 1.17 bits per heavy atom. The number of hydrogen-bond donors (Lipinski definition) is 1. The lowest BCUT2D eigenvalue weighted by molar-refractivity contribution is -0.124. The summed E-state index contributed by atoms with van der Waals surface area (Å²) in [6, 6.07) is 15.0. The molecule has 1 fully saturated rings. The zero-order chi connectivity index (χ0) is 16.2. The zero-order valence-electron chi connectivity index (χ0n) is 12.5. The van der Waals surface area contributed by atoms with Crippen LogP contribution in [-0.2, 0) is 4.79 Å². The molecule has 1 aliphatic carbocycles. The van der Waals surface area contributed by atoms with Crippen molar-refractivity contribution in [2.24, 2.45) is 5.92 Å². The van der Waals surface area contributed by atoms with Gasteiger partial charge in [0.1, 0.15) is 5.75 Å². The summed E-state index contributed by atoms with van der Waals surface area (Å²) in [6.45, 7) is -0.0720. The quantitative estimate of drug-likeness (QED) is 0.824. The third-order valence-electron chi connectivity index (χ3n) is 3.82. The van der Waals surface area contributed by atoms with Crippen molar-refractivity contribution < 1.29 is 9.53 Å². The average Bonchev–Trinajstić information content (AvgIpc) is 3.37. The lowest BCUT2D eigenvalue weighted by Gasteiger charge is -2.19. The summed E-state index contributed by atoms with van der Waals surface area (Å²) < 4.78 is 5.49. The van der Waals surface area contributed by atoms with Crippen LogP contribution in [0.25, 0.3) is 0 Å². The van der Waals surface area contributed by atoms with E-state index in [1.807, 2.05) is 30.3 Å². The molecular formula is C18H17Cl2NO2. The van der Waals surface area contributed by atoms with Crippen molar-refractivity contribution in [3.05, 3.63) is 64.1 Å². The monoisotopic (exact) mass is 349 g/mol. The number of carbonyl (C=O) groups excluding carboxylic acids is 1. The van der Waals surface area contributed by atoms with Crippen LogP contribution < -0.4 is 10.1 Å². The van der Waals surface area contributed by atoms with E-state index in [0.717, 1.165) is 18.4 Å². The van der Waals surface area contributed by atoms with Gasteiger partial charge in [-0.25, -0.2) is 0 Å². The molecule has 2 aromatic carbocycles. The zero-order valence-corrected chi connectivity index (χ0v) is 14.0. The number of amides is 1. The fourth-order valence-electron chi connectivity index (χ4n) is 2.51. The van der Waals surface area contributed by atoms with Gasteiger partial charge >= 0.3 is 0 Å². The topological polar surface area (TPSA) is 38.3 Å². The van der Waals surface area contributed by atoms with Crippen LogP contribution in [0.1, 0.15) is 24.4 Å². The van der Waals surface area contributed by atoms with Gasteiger partial charge in [-0.2, -0.15) is 0 Å². The van der Waals surface area contributed by atoms with E-state index in [2.05, 4.69) is 5.32 Å². The van der Waals surface area contributed by atoms with Crippen LogP contribution in [0.3, 0.4) is 0 Å². The van der Waals surface area contributed by atoms with Crippen LogP contribution in [0.15, 0.2) is 48.5 Å². The molecule has 1 saturated carbocycles. The summed E-state index contributed by atoms with van der Waals surface area (Å²) in [4.78, 5) is 12.2. The average molecular weight is 350 g/mol. The molecule has 23 heavy (non-hydrogen) atoms. The third kappa shape index (κ3) is 4.40. The predicted molar refractivity (Wildman–Crippen MR) is 92.0 cm³/mol. The van der Waals surface area contributed by atoms with E-state index >= 15 is 0 Å². The third-order valence-corrected chi connectivity index (χ3v) is 4.35. The van der Waals surface area contributed by atoms with E-state index in [9.17, 15) is 4.79 Å². The van der Waals surface area contributed by atoms with E-state index in [-0.39, 0.29) is 18.6 Å². The van der Waals surface area contributed by atoms with E-state index < -0.39 is 0 Å². The van der Waals surface area contributed by atoms with E-state index in [4.69, 9.17) is 27.9 Å². The molecule has 1 amide bonds. The molecule has 0 unspecified atom stereocenters. The number of hydrogen-bond acceptors (Lipinski definition) is 2. The normalized spacial score (nSPS) is 15.0. The molecule has 0 saturated heterocycles. The van der Waals surface area contributed by atoms with Crippen LogP contribution in [0, 0.1) is 5.92 Å². The summed E-state index contributed by atoms with van der Waals surface area (Å²) >= 11 is 11.9. The van der Waals surface area contributed by atoms with Gasteiger partial charge in [0.05, 0.1) is 11.1 Å². The molecule has 0 heterocycles. The highest BCUT2D eigenvalue weighted by atomic mass is 35.5. The lowest BCUT2D eigenvalue weighted by atomic mass is 10.0. The second-order valence-electron chi connectivity index (χ2n) is 5.66. The molecule has 2 aromatic rings. The van der Waals surface area contributed by atoms with Crippen LogP contribution in [0.4, 0.5) is 0 Å². The van der Waals surface area contributed by atoms with Gasteiger partial charge in [-0.1, -0.05) is 53.5 Å². The van der Waals surface area contributed by atoms with Crippen molar-refractivity contribution in [2.45, 2.75) is 18.9 Å². The maximum absolute atomic E-state index is 12.2. The van der Waals surface area contributed by atoms with Gasteiger partial charge in [0.15, 0.2) is 6.61 Å². The van der Waals surface area contributed by atoms with E-state index in [1.165, 1.54) is 0 Å². The Morgan fingerprint density at radius 2 is 1.91 bits per heavy atom. The molecular weight excluding hydrogens is 333 g/mol. The molecule has 0 aromatic heterocycles. The van der Waals surface area contributed by atoms with Gasteiger partial charge in [-0.3, -0.25) is 4.79 Å². The smallest absolute Gasteiger partial charge is 0.258 e. The highest BCUT2D eigenvalue weighted by molar-refractivity contribution is 6.35. The highest BCUT2D eigenvalue weighted by Gasteiger charge is 2.33. The minimum atomic E-state index is -0.156. The molecule has 3 rings (SSSR count). The predicted octanol–water partition coefficient (Wildman–Crippen LogP) is 4.64. The molecule has 0 spiro atoms. The molecule has 1 atom stereocenters. The second kappa shape index (κ2) is 7.24. The van der Waals surface area contributed by atoms with E-state index in [1.54, 1.807) is 18.2 Å². The maximum Gasteiger partial charge on any atom is 0.258 e. The molecule has 5 heteroatoms. The Balaban J connectivity index is 1.59. The van der Waals surface area contributed by atoms with Crippen LogP contribution in [0.2, 0.25) is 10.0 Å². The highest BCUT2D eigenvalue weighted by Crippen LogP contribution is 2.40. The molecule has 3 nitrogen and oxygen atoms in total. The lowest BCUT2D eigenvalue weighted by Crippen LogP contribution is -2.33. The number of ether oxygens (including phenoxy) is 1. The van der Waals surface area contributed by atoms with Crippen molar-refractivity contribution in [3.63, 3.8) is 0 Å². The number of rotatable bonds is 6. The van der Waals surface area contributed by atoms with Crippen molar-refractivity contribution in [3.8, 4) is 5.75 Å². The molecule has 120 valence electrons. The first-order chi connectivity index (χ1) is 11.1. The van der Waals surface area contributed by atoms with Gasteiger partial charge in [-0.15, -0.1) is 0 Å². The van der Waals surface area contributed by atoms with E-state index in [0.29, 0.717) is 21.7 Å². The molecule has 0 radical (unpaired) electrons. The van der Waals surface area contributed by atoms with Gasteiger partial charge in [0.25, 0.3) is 5.91 Å². The molecule has 0 bridgehead atoms. The van der Waals surface area contributed by atoms with Crippen molar-refractivity contribution >= 4 is 29.1 Å². The first-order valence-electron chi connectivity index (χ1n) is 7.55. The van der Waals surface area contributed by atoms with Crippen molar-refractivity contribution in [2.75, 3.05) is 6.61 Å². The Hall–Kier alpha value is -1.71. The summed E-state index contributed by atoms with van der Waals surface area (Å²) in [5, 5.41) is 3.99. The second-order valence-corrected chi connectivity index (χ2v) is 6.50. The number of halogens is 2. The van der Waals surface area contributed by atoms with Gasteiger partial charge in [-0.05, 0) is 42.5 Å².